The van der Waals surface area contributed by atoms with E-state index in [-0.39, 0.29) is 0 Å². The number of rotatable bonds is 2. The van der Waals surface area contributed by atoms with Crippen molar-refractivity contribution >= 4 is 0 Å². The first-order chi connectivity index (χ1) is 19.8. The van der Waals surface area contributed by atoms with Gasteiger partial charge in [-0.3, -0.25) is 21.3 Å². The minimum Gasteiger partial charge on any atom is -0.297 e. The van der Waals surface area contributed by atoms with E-state index in [1.54, 1.807) is 0 Å². The Kier molecular flexibility index (Phi) is 5.48. The second-order valence-electron chi connectivity index (χ2n) is 15.9. The number of nitrogens with zero attached hydrogens (tertiary/aromatic N) is 2. The molecular formula is C34H52N6. The largest absolute Gasteiger partial charge is 0.297 e. The molecule has 18 atom stereocenters. The third-order valence-electron chi connectivity index (χ3n) is 15.0. The lowest BCUT2D eigenvalue weighted by Gasteiger charge is -2.49. The summed E-state index contributed by atoms with van der Waals surface area (Å²) in [6.07, 6.45) is 23.2. The lowest BCUT2D eigenvalue weighted by molar-refractivity contribution is -0.149. The van der Waals surface area contributed by atoms with Crippen LogP contribution in [-0.4, -0.2) is 58.8 Å². The highest BCUT2D eigenvalue weighted by Gasteiger charge is 2.70. The Labute approximate surface area is 241 Å². The average molecular weight is 545 g/mol. The molecule has 40 heavy (non-hydrogen) atoms. The molecule has 5 aliphatic carbocycles. The van der Waals surface area contributed by atoms with Gasteiger partial charge in [-0.05, 0) is 85.9 Å². The zero-order chi connectivity index (χ0) is 26.3. The maximum absolute atomic E-state index is 4.66. The molecule has 0 radical (unpaired) electrons. The molecule has 11 rings (SSSR count). The van der Waals surface area contributed by atoms with Crippen LogP contribution in [0.3, 0.4) is 0 Å². The van der Waals surface area contributed by atoms with Crippen molar-refractivity contribution in [2.24, 2.45) is 59.2 Å². The van der Waals surface area contributed by atoms with Gasteiger partial charge in [0.25, 0.3) is 0 Å². The van der Waals surface area contributed by atoms with Crippen molar-refractivity contribution in [2.45, 2.75) is 126 Å². The Morgan fingerprint density at radius 2 is 0.725 bits per heavy atom. The molecule has 11 fully saturated rings. The molecule has 0 aromatic rings. The minimum atomic E-state index is 0.302. The van der Waals surface area contributed by atoms with Crippen LogP contribution in [0.5, 0.6) is 0 Å². The van der Waals surface area contributed by atoms with Crippen LogP contribution in [0.1, 0.15) is 77.0 Å². The van der Waals surface area contributed by atoms with E-state index < -0.39 is 0 Å². The standard InChI is InChI=1S/C34H52N6/c1-3-17-18(4-2)32-36-28-20-12-6-8-14-22(20)30-26(28)25-27-19-11-5-7-13-21(19)29(25)37-33-23-15-9-10-16-24(23)34(38-30)40(33)39(32)31(17)35-27/h3-4,17-38H,1-2,5-16H2. The molecular weight excluding hydrogens is 492 g/mol. The van der Waals surface area contributed by atoms with E-state index in [4.69, 9.17) is 0 Å². The summed E-state index contributed by atoms with van der Waals surface area (Å²) in [5, 5.41) is 24.3. The summed E-state index contributed by atoms with van der Waals surface area (Å²) in [5.41, 5.74) is 0. The van der Waals surface area contributed by atoms with E-state index in [0.717, 1.165) is 35.5 Å². The fourth-order valence-corrected chi connectivity index (χ4v) is 13.8. The molecule has 6 aliphatic heterocycles. The second kappa shape index (κ2) is 8.89. The molecule has 5 saturated carbocycles. The van der Waals surface area contributed by atoms with Crippen molar-refractivity contribution in [3.8, 4) is 0 Å². The molecule has 6 nitrogen and oxygen atoms in total. The minimum absolute atomic E-state index is 0.302. The van der Waals surface area contributed by atoms with Crippen LogP contribution >= 0.6 is 0 Å². The van der Waals surface area contributed by atoms with Gasteiger partial charge in [0.05, 0.1) is 24.7 Å². The van der Waals surface area contributed by atoms with Crippen molar-refractivity contribution in [1.29, 1.82) is 0 Å². The predicted octanol–water partition coefficient (Wildman–Crippen LogP) is 3.99. The molecule has 0 spiro atoms. The molecule has 6 saturated heterocycles. The molecule has 218 valence electrons. The smallest absolute Gasteiger partial charge is 0.0827 e. The van der Waals surface area contributed by atoms with Crippen molar-refractivity contribution in [3.63, 3.8) is 0 Å². The molecule has 0 aromatic carbocycles. The third kappa shape index (κ3) is 2.97. The Morgan fingerprint density at radius 1 is 0.425 bits per heavy atom. The summed E-state index contributed by atoms with van der Waals surface area (Å²) < 4.78 is 0. The summed E-state index contributed by atoms with van der Waals surface area (Å²) in [6, 6.07) is 2.53. The number of hydrogen-bond acceptors (Lipinski definition) is 6. The SMILES string of the molecule is C=CC1C(C=C)C2NC3C4CCCCC4C4NC5C6CCCCC6C6NC7C8CCCCC8C(NC1N2N65)C7C34. The maximum Gasteiger partial charge on any atom is 0.0827 e. The number of hydrogen-bond donors (Lipinski definition) is 4. The van der Waals surface area contributed by atoms with Crippen molar-refractivity contribution in [3.05, 3.63) is 25.3 Å². The molecule has 4 N–H and O–H groups in total. The van der Waals surface area contributed by atoms with Gasteiger partial charge in [-0.15, -0.1) is 13.2 Å². The van der Waals surface area contributed by atoms with Crippen LogP contribution in [0, 0.1) is 59.2 Å². The lowest BCUT2D eigenvalue weighted by atomic mass is 9.74. The first kappa shape index (κ1) is 24.7. The van der Waals surface area contributed by atoms with E-state index in [1.165, 1.54) is 77.0 Å². The molecule has 12 bridgehead atoms. The van der Waals surface area contributed by atoms with Gasteiger partial charge >= 0.3 is 0 Å². The summed E-state index contributed by atoms with van der Waals surface area (Å²) in [4.78, 5) is 0. The summed E-state index contributed by atoms with van der Waals surface area (Å²) in [5.74, 6) is 7.01. The highest BCUT2D eigenvalue weighted by molar-refractivity contribution is 5.24. The molecule has 6 heterocycles. The predicted molar refractivity (Wildman–Crippen MR) is 157 cm³/mol. The third-order valence-corrected chi connectivity index (χ3v) is 15.0. The fourth-order valence-electron chi connectivity index (χ4n) is 13.8. The second-order valence-corrected chi connectivity index (χ2v) is 15.9. The number of fused-ring (bicyclic) bond motifs is 3. The van der Waals surface area contributed by atoms with Crippen molar-refractivity contribution in [1.82, 2.24) is 31.3 Å². The van der Waals surface area contributed by atoms with Crippen LogP contribution in [0.25, 0.3) is 0 Å². The van der Waals surface area contributed by atoms with Crippen LogP contribution < -0.4 is 21.3 Å². The van der Waals surface area contributed by atoms with Gasteiger partial charge in [-0.1, -0.05) is 50.7 Å². The van der Waals surface area contributed by atoms with Crippen LogP contribution in [-0.2, 0) is 0 Å². The molecule has 0 aromatic heterocycles. The van der Waals surface area contributed by atoms with E-state index in [9.17, 15) is 0 Å². The quantitative estimate of drug-likeness (QED) is 0.395. The van der Waals surface area contributed by atoms with Gasteiger partial charge in [0.1, 0.15) is 0 Å². The molecule has 11 aliphatic rings. The van der Waals surface area contributed by atoms with E-state index in [2.05, 4.69) is 56.6 Å². The van der Waals surface area contributed by atoms with Gasteiger partial charge in [0.2, 0.25) is 0 Å². The van der Waals surface area contributed by atoms with Crippen LogP contribution in [0.2, 0.25) is 0 Å². The summed E-state index contributed by atoms with van der Waals surface area (Å²) >= 11 is 0. The van der Waals surface area contributed by atoms with E-state index in [1.807, 2.05) is 0 Å². The lowest BCUT2D eigenvalue weighted by Crippen LogP contribution is -2.69. The Hall–Kier alpha value is -0.760. The van der Waals surface area contributed by atoms with Crippen molar-refractivity contribution < 1.29 is 0 Å². The Morgan fingerprint density at radius 3 is 1.07 bits per heavy atom. The topological polar surface area (TPSA) is 54.6 Å². The van der Waals surface area contributed by atoms with Gasteiger partial charge in [-0.2, -0.15) is 0 Å². The average Bonchev–Trinajstić information content (AvgIpc) is 3.69. The first-order valence-electron chi connectivity index (χ1n) is 17.6. The van der Waals surface area contributed by atoms with E-state index in [0.29, 0.717) is 72.5 Å². The maximum atomic E-state index is 4.66. The highest BCUT2D eigenvalue weighted by atomic mass is 15.8. The highest BCUT2D eigenvalue weighted by Crippen LogP contribution is 2.60. The first-order valence-corrected chi connectivity index (χ1v) is 17.6. The normalized spacial score (nSPS) is 64.1. The zero-order valence-corrected chi connectivity index (χ0v) is 24.3. The Bertz CT molecular complexity index is 983. The molecule has 6 heteroatoms. The van der Waals surface area contributed by atoms with Gasteiger partial charge in [0, 0.05) is 36.0 Å². The van der Waals surface area contributed by atoms with Gasteiger partial charge < -0.3 is 0 Å². The Balaban J connectivity index is 1.25. The summed E-state index contributed by atoms with van der Waals surface area (Å²) in [7, 11) is 0. The fraction of sp³-hybridized carbons (Fsp3) is 0.882. The van der Waals surface area contributed by atoms with Gasteiger partial charge in [-0.25, -0.2) is 10.0 Å². The molecule has 0 amide bonds. The zero-order valence-electron chi connectivity index (χ0n) is 24.3. The van der Waals surface area contributed by atoms with Crippen LogP contribution in [0.4, 0.5) is 0 Å². The van der Waals surface area contributed by atoms with Gasteiger partial charge in [0.15, 0.2) is 0 Å². The molecule has 18 unspecified atom stereocenters. The van der Waals surface area contributed by atoms with Crippen LogP contribution in [0.15, 0.2) is 25.3 Å². The number of hydrazine groups is 1. The monoisotopic (exact) mass is 544 g/mol. The summed E-state index contributed by atoms with van der Waals surface area (Å²) in [6.45, 7) is 8.97. The number of nitrogens with one attached hydrogen (secondary N) is 4. The van der Waals surface area contributed by atoms with E-state index >= 15 is 0 Å². The van der Waals surface area contributed by atoms with Crippen molar-refractivity contribution in [2.75, 3.05) is 0 Å².